The maximum absolute atomic E-state index is 12.0. The molecular weight excluding hydrogens is 328 g/mol. The van der Waals surface area contributed by atoms with Gasteiger partial charge in [-0.1, -0.05) is 29.8 Å². The molecule has 0 spiro atoms. The Morgan fingerprint density at radius 3 is 2.62 bits per heavy atom. The van der Waals surface area contributed by atoms with Crippen LogP contribution in [0.5, 0.6) is 0 Å². The van der Waals surface area contributed by atoms with Gasteiger partial charge in [0.15, 0.2) is 0 Å². The fourth-order valence-electron chi connectivity index (χ4n) is 2.82. The highest BCUT2D eigenvalue weighted by molar-refractivity contribution is 7.86. The van der Waals surface area contributed by atoms with Gasteiger partial charge in [0, 0.05) is 24.3 Å². The van der Waals surface area contributed by atoms with Gasteiger partial charge < -0.3 is 5.32 Å². The van der Waals surface area contributed by atoms with Gasteiger partial charge in [0.25, 0.3) is 10.1 Å². The molecule has 0 bridgehead atoms. The molecule has 0 radical (unpaired) electrons. The Balaban J connectivity index is 2.16. The zero-order valence-corrected chi connectivity index (χ0v) is 14.0. The average molecular weight is 346 g/mol. The first-order valence-corrected chi connectivity index (χ1v) is 9.04. The van der Waals surface area contributed by atoms with E-state index in [2.05, 4.69) is 5.32 Å². The fourth-order valence-corrected chi connectivity index (χ4v) is 3.52. The molecule has 1 aliphatic rings. The van der Waals surface area contributed by atoms with Crippen LogP contribution in [0.4, 0.5) is 10.5 Å². The summed E-state index contributed by atoms with van der Waals surface area (Å²) < 4.78 is 33.0. The van der Waals surface area contributed by atoms with Crippen LogP contribution in [0.1, 0.15) is 12.0 Å². The van der Waals surface area contributed by atoms with Gasteiger partial charge in [-0.05, 0) is 37.1 Å². The Morgan fingerprint density at radius 2 is 1.96 bits per heavy atom. The van der Waals surface area contributed by atoms with Crippen LogP contribution in [0.2, 0.25) is 0 Å². The molecule has 0 aromatic heterocycles. The normalized spacial score (nSPS) is 15.2. The Kier molecular flexibility index (Phi) is 4.29. The third-order valence-electron chi connectivity index (χ3n) is 3.96. The fraction of sp³-hybridized carbons (Fsp3) is 0.235. The monoisotopic (exact) mass is 346 g/mol. The number of carbonyl (C=O) groups excluding carboxylic acids is 1. The number of benzene rings is 2. The van der Waals surface area contributed by atoms with Crippen LogP contribution < -0.4 is 10.2 Å². The second kappa shape index (κ2) is 6.26. The lowest BCUT2D eigenvalue weighted by Crippen LogP contribution is -2.46. The molecule has 1 aliphatic heterocycles. The van der Waals surface area contributed by atoms with E-state index >= 15 is 0 Å². The Hall–Kier alpha value is -2.38. The second-order valence-electron chi connectivity index (χ2n) is 5.76. The molecule has 0 saturated carbocycles. The average Bonchev–Trinajstić information content (AvgIpc) is 2.54. The van der Waals surface area contributed by atoms with Crippen LogP contribution in [-0.4, -0.2) is 32.1 Å². The van der Waals surface area contributed by atoms with Crippen molar-refractivity contribution >= 4 is 21.8 Å². The van der Waals surface area contributed by atoms with Crippen LogP contribution in [0.15, 0.2) is 47.4 Å². The molecule has 2 amide bonds. The zero-order chi connectivity index (χ0) is 17.3. The summed E-state index contributed by atoms with van der Waals surface area (Å²) in [5.74, 6) is 0. The summed E-state index contributed by atoms with van der Waals surface area (Å²) in [6, 6.07) is 11.6. The molecule has 2 N–H and O–H groups in total. The highest BCUT2D eigenvalue weighted by Gasteiger charge is 2.23. The summed E-state index contributed by atoms with van der Waals surface area (Å²) in [5.41, 5.74) is 2.60. The van der Waals surface area contributed by atoms with E-state index in [1.807, 2.05) is 25.1 Å². The van der Waals surface area contributed by atoms with Crippen LogP contribution in [-0.2, 0) is 10.1 Å². The number of carbonyl (C=O) groups is 1. The number of hydrogen-bond donors (Lipinski definition) is 2. The van der Waals surface area contributed by atoms with Crippen LogP contribution >= 0.6 is 0 Å². The van der Waals surface area contributed by atoms with Gasteiger partial charge in [0.05, 0.1) is 0 Å². The van der Waals surface area contributed by atoms with Crippen molar-refractivity contribution in [3.05, 3.63) is 48.0 Å². The van der Waals surface area contributed by atoms with Crippen LogP contribution in [0.25, 0.3) is 11.1 Å². The van der Waals surface area contributed by atoms with Gasteiger partial charge in [0.1, 0.15) is 4.90 Å². The van der Waals surface area contributed by atoms with Crippen molar-refractivity contribution in [3.8, 4) is 11.1 Å². The highest BCUT2D eigenvalue weighted by atomic mass is 32.2. The first-order chi connectivity index (χ1) is 11.4. The number of rotatable bonds is 3. The quantitative estimate of drug-likeness (QED) is 0.837. The number of hydrogen-bond acceptors (Lipinski definition) is 3. The van der Waals surface area contributed by atoms with Gasteiger partial charge in [-0.2, -0.15) is 8.42 Å². The summed E-state index contributed by atoms with van der Waals surface area (Å²) in [6.07, 6.45) is 0.811. The van der Waals surface area contributed by atoms with Gasteiger partial charge in [-0.3, -0.25) is 9.45 Å². The SMILES string of the molecule is Cc1cccc(-c2cc(N3CCCNC3=O)ccc2S(=O)(=O)O)c1. The van der Waals surface area contributed by atoms with Crippen molar-refractivity contribution in [1.29, 1.82) is 0 Å². The molecule has 1 saturated heterocycles. The lowest BCUT2D eigenvalue weighted by Gasteiger charge is -2.28. The maximum Gasteiger partial charge on any atom is 0.321 e. The molecule has 7 heteroatoms. The Labute approximate surface area is 140 Å². The van der Waals surface area contributed by atoms with Crippen molar-refractivity contribution in [2.24, 2.45) is 0 Å². The molecule has 2 aromatic carbocycles. The molecule has 1 fully saturated rings. The molecule has 0 unspecified atom stereocenters. The number of aryl methyl sites for hydroxylation is 1. The van der Waals surface area contributed by atoms with Gasteiger partial charge in [-0.15, -0.1) is 0 Å². The topological polar surface area (TPSA) is 86.7 Å². The summed E-state index contributed by atoms with van der Waals surface area (Å²) in [4.78, 5) is 13.4. The number of nitrogens with zero attached hydrogens (tertiary/aromatic N) is 1. The van der Waals surface area contributed by atoms with E-state index in [9.17, 15) is 17.8 Å². The maximum atomic E-state index is 12.0. The minimum atomic E-state index is -4.37. The number of amides is 2. The smallest absolute Gasteiger partial charge is 0.321 e. The van der Waals surface area contributed by atoms with E-state index in [1.165, 1.54) is 12.1 Å². The van der Waals surface area contributed by atoms with Gasteiger partial charge in [-0.25, -0.2) is 4.79 Å². The summed E-state index contributed by atoms with van der Waals surface area (Å²) in [6.45, 7) is 3.09. The van der Waals surface area contributed by atoms with Crippen molar-refractivity contribution in [1.82, 2.24) is 5.32 Å². The van der Waals surface area contributed by atoms with E-state index in [0.29, 0.717) is 29.9 Å². The van der Waals surface area contributed by atoms with Crippen molar-refractivity contribution < 1.29 is 17.8 Å². The Bertz CT molecular complexity index is 893. The molecule has 126 valence electrons. The third kappa shape index (κ3) is 3.27. The first-order valence-electron chi connectivity index (χ1n) is 7.60. The highest BCUT2D eigenvalue weighted by Crippen LogP contribution is 2.32. The molecule has 0 atom stereocenters. The lowest BCUT2D eigenvalue weighted by molar-refractivity contribution is 0.243. The molecule has 2 aromatic rings. The van der Waals surface area contributed by atoms with Crippen LogP contribution in [0, 0.1) is 6.92 Å². The van der Waals surface area contributed by atoms with Crippen LogP contribution in [0.3, 0.4) is 0 Å². The molecule has 24 heavy (non-hydrogen) atoms. The predicted molar refractivity (Wildman–Crippen MR) is 91.8 cm³/mol. The number of anilines is 1. The first kappa shape index (κ1) is 16.5. The van der Waals surface area contributed by atoms with E-state index in [4.69, 9.17) is 0 Å². The summed E-state index contributed by atoms with van der Waals surface area (Å²) >= 11 is 0. The number of urea groups is 1. The summed E-state index contributed by atoms with van der Waals surface area (Å²) in [5, 5.41) is 2.76. The van der Waals surface area contributed by atoms with Gasteiger partial charge >= 0.3 is 6.03 Å². The number of nitrogens with one attached hydrogen (secondary N) is 1. The molecule has 3 rings (SSSR count). The predicted octanol–water partition coefficient (Wildman–Crippen LogP) is 2.83. The summed E-state index contributed by atoms with van der Waals surface area (Å²) in [7, 11) is -4.37. The molecular formula is C17H18N2O4S. The minimum Gasteiger partial charge on any atom is -0.338 e. The lowest BCUT2D eigenvalue weighted by atomic mass is 10.0. The molecule has 6 nitrogen and oxygen atoms in total. The van der Waals surface area contributed by atoms with Gasteiger partial charge in [0.2, 0.25) is 0 Å². The van der Waals surface area contributed by atoms with E-state index in [0.717, 1.165) is 12.0 Å². The second-order valence-corrected chi connectivity index (χ2v) is 7.15. The molecule has 1 heterocycles. The van der Waals surface area contributed by atoms with E-state index in [1.54, 1.807) is 17.0 Å². The van der Waals surface area contributed by atoms with E-state index in [-0.39, 0.29) is 10.9 Å². The van der Waals surface area contributed by atoms with E-state index < -0.39 is 10.1 Å². The zero-order valence-electron chi connectivity index (χ0n) is 13.2. The third-order valence-corrected chi connectivity index (χ3v) is 4.87. The minimum absolute atomic E-state index is 0.172. The van der Waals surface area contributed by atoms with Crippen molar-refractivity contribution in [2.45, 2.75) is 18.2 Å². The van der Waals surface area contributed by atoms with Crippen molar-refractivity contribution in [2.75, 3.05) is 18.0 Å². The standard InChI is InChI=1S/C17H18N2O4S/c1-12-4-2-5-13(10-12)15-11-14(6-7-16(15)24(21,22)23)19-9-3-8-18-17(19)20/h2,4-7,10-11H,3,8-9H2,1H3,(H,18,20)(H,21,22,23). The largest absolute Gasteiger partial charge is 0.338 e. The molecule has 0 aliphatic carbocycles. The Morgan fingerprint density at radius 1 is 1.17 bits per heavy atom. The van der Waals surface area contributed by atoms with Crippen molar-refractivity contribution in [3.63, 3.8) is 0 Å².